The van der Waals surface area contributed by atoms with Gasteiger partial charge in [0.2, 0.25) is 0 Å². The molecule has 2 N–H and O–H groups in total. The normalized spacial score (nSPS) is 18.4. The summed E-state index contributed by atoms with van der Waals surface area (Å²) in [7, 11) is 0. The number of nitrogens with one attached hydrogen (secondary N) is 2. The number of benzene rings is 1. The lowest BCUT2D eigenvalue weighted by molar-refractivity contribution is 0.102. The first-order valence-electron chi connectivity index (χ1n) is 10.6. The van der Waals surface area contributed by atoms with Gasteiger partial charge in [0, 0.05) is 27.7 Å². The average molecular weight is 430 g/mol. The molecular weight excluding hydrogens is 394 g/mol. The van der Waals surface area contributed by atoms with E-state index < -0.39 is 0 Å². The quantitative estimate of drug-likeness (QED) is 0.559. The van der Waals surface area contributed by atoms with Crippen LogP contribution in [0.5, 0.6) is 0 Å². The lowest BCUT2D eigenvalue weighted by Crippen LogP contribution is -2.63. The van der Waals surface area contributed by atoms with Crippen LogP contribution in [0.15, 0.2) is 35.7 Å². The van der Waals surface area contributed by atoms with Crippen LogP contribution in [0.2, 0.25) is 0 Å². The zero-order chi connectivity index (χ0) is 21.2. The number of piperidine rings is 1. The van der Waals surface area contributed by atoms with E-state index in [9.17, 15) is 0 Å². The van der Waals surface area contributed by atoms with Crippen LogP contribution < -0.4 is 10.6 Å². The third-order valence-electron chi connectivity index (χ3n) is 5.78. The highest BCUT2D eigenvalue weighted by Crippen LogP contribution is 2.33. The minimum atomic E-state index is 0.0770. The highest BCUT2D eigenvalue weighted by atomic mass is 32.1. The number of hydrogen-bond donors (Lipinski definition) is 2. The van der Waals surface area contributed by atoms with E-state index in [1.165, 1.54) is 16.0 Å². The van der Waals surface area contributed by atoms with Crippen LogP contribution in [0.4, 0.5) is 5.69 Å². The van der Waals surface area contributed by atoms with Crippen LogP contribution in [-0.2, 0) is 13.0 Å². The molecule has 1 aromatic carbocycles. The van der Waals surface area contributed by atoms with Gasteiger partial charge >= 0.3 is 0 Å². The molecule has 0 saturated carbocycles. The molecule has 0 bridgehead atoms. The number of nitrogens with zero attached hydrogens (tertiary/aromatic N) is 1. The van der Waals surface area contributed by atoms with Crippen molar-refractivity contribution in [1.82, 2.24) is 10.2 Å². The Kier molecular flexibility index (Phi) is 6.71. The Morgan fingerprint density at radius 3 is 2.45 bits per heavy atom. The molecule has 29 heavy (non-hydrogen) atoms. The fourth-order valence-electron chi connectivity index (χ4n) is 4.90. The summed E-state index contributed by atoms with van der Waals surface area (Å²) < 4.78 is 0. The average Bonchev–Trinajstić information content (AvgIpc) is 3.10. The SMILES string of the molecule is CCc1c(C)cccc1NC(=S)N(Cc1cccs1)C1CC(C)(C)NC(C)(C)C1. The van der Waals surface area contributed by atoms with Crippen molar-refractivity contribution in [3.8, 4) is 0 Å². The van der Waals surface area contributed by atoms with Crippen molar-refractivity contribution in [3.63, 3.8) is 0 Å². The van der Waals surface area contributed by atoms with Crippen LogP contribution in [0, 0.1) is 6.92 Å². The van der Waals surface area contributed by atoms with Crippen molar-refractivity contribution in [2.24, 2.45) is 0 Å². The largest absolute Gasteiger partial charge is 0.341 e. The van der Waals surface area contributed by atoms with Crippen LogP contribution in [-0.4, -0.2) is 27.1 Å². The second kappa shape index (κ2) is 8.75. The minimum Gasteiger partial charge on any atom is -0.341 e. The van der Waals surface area contributed by atoms with Crippen molar-refractivity contribution < 1.29 is 0 Å². The lowest BCUT2D eigenvalue weighted by atomic mass is 9.79. The van der Waals surface area contributed by atoms with Crippen LogP contribution in [0.1, 0.15) is 63.5 Å². The van der Waals surface area contributed by atoms with E-state index in [1.54, 1.807) is 11.3 Å². The molecule has 0 spiro atoms. The molecule has 1 aliphatic heterocycles. The predicted molar refractivity (Wildman–Crippen MR) is 131 cm³/mol. The molecule has 2 aromatic rings. The summed E-state index contributed by atoms with van der Waals surface area (Å²) in [4.78, 5) is 3.77. The molecular formula is C24H35N3S2. The summed E-state index contributed by atoms with van der Waals surface area (Å²) in [5.41, 5.74) is 3.95. The Hall–Kier alpha value is -1.43. The number of rotatable bonds is 5. The van der Waals surface area contributed by atoms with Crippen molar-refractivity contribution >= 4 is 34.4 Å². The van der Waals surface area contributed by atoms with Gasteiger partial charge < -0.3 is 15.5 Å². The van der Waals surface area contributed by atoms with E-state index in [0.29, 0.717) is 6.04 Å². The van der Waals surface area contributed by atoms with Gasteiger partial charge in [-0.2, -0.15) is 0 Å². The fraction of sp³-hybridized carbons (Fsp3) is 0.542. The molecule has 0 amide bonds. The van der Waals surface area contributed by atoms with E-state index in [1.807, 2.05) is 0 Å². The minimum absolute atomic E-state index is 0.0770. The first-order chi connectivity index (χ1) is 13.6. The van der Waals surface area contributed by atoms with E-state index in [2.05, 4.69) is 92.8 Å². The van der Waals surface area contributed by atoms with Gasteiger partial charge in [0.05, 0.1) is 6.54 Å². The fourth-order valence-corrected chi connectivity index (χ4v) is 5.93. The molecule has 1 fully saturated rings. The van der Waals surface area contributed by atoms with Crippen LogP contribution in [0.3, 0.4) is 0 Å². The Morgan fingerprint density at radius 1 is 1.17 bits per heavy atom. The zero-order valence-corrected chi connectivity index (χ0v) is 20.3. The maximum Gasteiger partial charge on any atom is 0.174 e. The summed E-state index contributed by atoms with van der Waals surface area (Å²) in [5.74, 6) is 0. The maximum atomic E-state index is 6.01. The Balaban J connectivity index is 1.89. The molecule has 3 nitrogen and oxygen atoms in total. The molecule has 0 aliphatic carbocycles. The van der Waals surface area contributed by atoms with Gasteiger partial charge in [-0.25, -0.2) is 0 Å². The first kappa shape index (κ1) is 22.3. The van der Waals surface area contributed by atoms with Crippen LogP contribution in [0.25, 0.3) is 0 Å². The van der Waals surface area contributed by atoms with Gasteiger partial charge in [0.1, 0.15) is 0 Å². The van der Waals surface area contributed by atoms with Gasteiger partial charge in [-0.1, -0.05) is 25.1 Å². The maximum absolute atomic E-state index is 6.01. The smallest absolute Gasteiger partial charge is 0.174 e. The summed E-state index contributed by atoms with van der Waals surface area (Å²) in [5, 5.41) is 10.4. The van der Waals surface area contributed by atoms with Crippen molar-refractivity contribution in [2.75, 3.05) is 5.32 Å². The molecule has 0 atom stereocenters. The Morgan fingerprint density at radius 2 is 1.86 bits per heavy atom. The van der Waals surface area contributed by atoms with Gasteiger partial charge in [-0.15, -0.1) is 11.3 Å². The molecule has 0 unspecified atom stereocenters. The lowest BCUT2D eigenvalue weighted by Gasteiger charge is -2.50. The number of thiocarbonyl (C=S) groups is 1. The van der Waals surface area contributed by atoms with Gasteiger partial charge in [-0.05, 0) is 94.7 Å². The van der Waals surface area contributed by atoms with E-state index in [-0.39, 0.29) is 11.1 Å². The summed E-state index contributed by atoms with van der Waals surface area (Å²) in [6, 6.07) is 11.2. The topological polar surface area (TPSA) is 27.3 Å². The van der Waals surface area contributed by atoms with Crippen molar-refractivity contribution in [3.05, 3.63) is 51.7 Å². The molecule has 1 saturated heterocycles. The van der Waals surface area contributed by atoms with E-state index in [0.717, 1.165) is 36.6 Å². The molecule has 0 radical (unpaired) electrons. The second-order valence-electron chi connectivity index (χ2n) is 9.55. The molecule has 2 heterocycles. The predicted octanol–water partition coefficient (Wildman–Crippen LogP) is 6.13. The third kappa shape index (κ3) is 5.59. The molecule has 158 valence electrons. The second-order valence-corrected chi connectivity index (χ2v) is 11.0. The highest BCUT2D eigenvalue weighted by Gasteiger charge is 2.40. The number of thiophene rings is 1. The summed E-state index contributed by atoms with van der Waals surface area (Å²) >= 11 is 7.82. The molecule has 5 heteroatoms. The highest BCUT2D eigenvalue weighted by molar-refractivity contribution is 7.80. The van der Waals surface area contributed by atoms with Crippen LogP contribution >= 0.6 is 23.6 Å². The number of anilines is 1. The molecule has 1 aliphatic rings. The van der Waals surface area contributed by atoms with Crippen molar-refractivity contribution in [1.29, 1.82) is 0 Å². The van der Waals surface area contributed by atoms with Crippen molar-refractivity contribution in [2.45, 2.75) is 84.5 Å². The Labute approximate surface area is 185 Å². The zero-order valence-electron chi connectivity index (χ0n) is 18.6. The van der Waals surface area contributed by atoms with Gasteiger partial charge in [0.15, 0.2) is 5.11 Å². The third-order valence-corrected chi connectivity index (χ3v) is 6.98. The number of aryl methyl sites for hydroxylation is 1. The standard InChI is InChI=1S/C24H35N3S2/c1-7-20-17(2)10-8-12-21(20)25-22(28)27(16-19-11-9-13-29-19)18-14-23(3,4)26-24(5,6)15-18/h8-13,18,26H,7,14-16H2,1-6H3,(H,25,28). The monoisotopic (exact) mass is 429 g/mol. The first-order valence-corrected chi connectivity index (χ1v) is 11.9. The van der Waals surface area contributed by atoms with E-state index >= 15 is 0 Å². The summed E-state index contributed by atoms with van der Waals surface area (Å²) in [6.07, 6.45) is 3.13. The molecule has 3 rings (SSSR count). The number of hydrogen-bond acceptors (Lipinski definition) is 3. The van der Waals surface area contributed by atoms with E-state index in [4.69, 9.17) is 12.2 Å². The Bertz CT molecular complexity index is 824. The van der Waals surface area contributed by atoms with Gasteiger partial charge in [0.25, 0.3) is 0 Å². The van der Waals surface area contributed by atoms with Gasteiger partial charge in [-0.3, -0.25) is 0 Å². The molecule has 1 aromatic heterocycles. The summed E-state index contributed by atoms with van der Waals surface area (Å²) in [6.45, 7) is 14.4.